The van der Waals surface area contributed by atoms with Crippen molar-refractivity contribution < 1.29 is 4.79 Å². The molecule has 2 aliphatic rings. The number of piperidine rings is 1. The van der Waals surface area contributed by atoms with Crippen molar-refractivity contribution in [2.75, 3.05) is 20.1 Å². The van der Waals surface area contributed by atoms with Crippen molar-refractivity contribution >= 4 is 21.6 Å². The first-order valence-corrected chi connectivity index (χ1v) is 8.47. The molecule has 0 aromatic carbocycles. The maximum Gasteiger partial charge on any atom is 0.272 e. The third kappa shape index (κ3) is 3.47. The van der Waals surface area contributed by atoms with Gasteiger partial charge in [0, 0.05) is 18.8 Å². The molecular formula is C17H23B2N3O. The first-order valence-electron chi connectivity index (χ1n) is 8.47. The van der Waals surface area contributed by atoms with E-state index in [1.807, 2.05) is 19.2 Å². The Balaban J connectivity index is 1.79. The summed E-state index contributed by atoms with van der Waals surface area (Å²) in [5, 5.41) is -1.13. The van der Waals surface area contributed by atoms with Gasteiger partial charge in [0.25, 0.3) is 5.91 Å². The van der Waals surface area contributed by atoms with Crippen molar-refractivity contribution in [3.05, 3.63) is 29.6 Å². The lowest BCUT2D eigenvalue weighted by molar-refractivity contribution is 0.0778. The number of carbonyl (C=O) groups is 1. The third-order valence-corrected chi connectivity index (χ3v) is 5.10. The molecule has 1 saturated heterocycles. The Morgan fingerprint density at radius 1 is 1.26 bits per heavy atom. The van der Waals surface area contributed by atoms with Crippen molar-refractivity contribution in [1.82, 2.24) is 14.8 Å². The van der Waals surface area contributed by atoms with Crippen LogP contribution in [0.4, 0.5) is 0 Å². The number of rotatable bonds is 4. The minimum Gasteiger partial charge on any atom is -0.337 e. The lowest BCUT2D eigenvalue weighted by atomic mass is 9.58. The predicted octanol–water partition coefficient (Wildman–Crippen LogP) is 1.50. The highest BCUT2D eigenvalue weighted by molar-refractivity contribution is 6.39. The number of aromatic nitrogens is 1. The van der Waals surface area contributed by atoms with E-state index in [4.69, 9.17) is 15.7 Å². The summed E-state index contributed by atoms with van der Waals surface area (Å²) in [5.74, 6) is 0.646. The highest BCUT2D eigenvalue weighted by Crippen LogP contribution is 2.28. The fourth-order valence-electron chi connectivity index (χ4n) is 3.13. The van der Waals surface area contributed by atoms with Gasteiger partial charge in [-0.3, -0.25) is 4.79 Å². The zero-order chi connectivity index (χ0) is 16.6. The highest BCUT2D eigenvalue weighted by atomic mass is 16.2. The summed E-state index contributed by atoms with van der Waals surface area (Å²) in [6.45, 7) is 3.96. The van der Waals surface area contributed by atoms with E-state index in [9.17, 15) is 4.79 Å². The Kier molecular flexibility index (Phi) is 4.54. The fourth-order valence-corrected chi connectivity index (χ4v) is 3.13. The molecule has 4 nitrogen and oxygen atoms in total. The summed E-state index contributed by atoms with van der Waals surface area (Å²) in [6.07, 6.45) is 4.32. The molecule has 118 valence electrons. The largest absolute Gasteiger partial charge is 0.337 e. The van der Waals surface area contributed by atoms with Gasteiger partial charge in [-0.25, -0.2) is 4.98 Å². The fraction of sp³-hybridized carbons (Fsp3) is 0.647. The van der Waals surface area contributed by atoms with Crippen LogP contribution in [-0.4, -0.2) is 62.6 Å². The van der Waals surface area contributed by atoms with Crippen LogP contribution in [0.25, 0.3) is 0 Å². The van der Waals surface area contributed by atoms with Crippen molar-refractivity contribution in [3.63, 3.8) is 0 Å². The van der Waals surface area contributed by atoms with Gasteiger partial charge in [0.05, 0.1) is 15.7 Å². The van der Waals surface area contributed by atoms with Gasteiger partial charge in [-0.1, -0.05) is 13.0 Å². The molecule has 0 unspecified atom stereocenters. The summed E-state index contributed by atoms with van der Waals surface area (Å²) < 4.78 is 0. The summed E-state index contributed by atoms with van der Waals surface area (Å²) in [4.78, 5) is 20.8. The van der Waals surface area contributed by atoms with Gasteiger partial charge in [-0.05, 0) is 62.2 Å². The lowest BCUT2D eigenvalue weighted by Crippen LogP contribution is -2.51. The average Bonchev–Trinajstić information content (AvgIpc) is 3.39. The molecule has 1 aliphatic heterocycles. The van der Waals surface area contributed by atoms with Crippen molar-refractivity contribution in [1.29, 1.82) is 0 Å². The Morgan fingerprint density at radius 3 is 2.52 bits per heavy atom. The maximum atomic E-state index is 12.5. The standard InChI is InChI=1S/C17H23B2N3O/c1-12-8-10-22(11-9-12)17(18,19)15-5-3-4-14(20-15)16(23)21(2)13-6-7-13/h3-5,12-13H,6-11H2,1-2H3. The topological polar surface area (TPSA) is 36.4 Å². The van der Waals surface area contributed by atoms with E-state index in [0.29, 0.717) is 23.3 Å². The van der Waals surface area contributed by atoms with Crippen molar-refractivity contribution in [2.45, 2.75) is 44.0 Å². The molecule has 6 heteroatoms. The quantitative estimate of drug-likeness (QED) is 0.791. The second kappa shape index (κ2) is 6.31. The van der Waals surface area contributed by atoms with Gasteiger partial charge in [-0.15, -0.1) is 0 Å². The van der Waals surface area contributed by atoms with Crippen LogP contribution in [0.1, 0.15) is 48.8 Å². The molecule has 0 N–H and O–H groups in total. The van der Waals surface area contributed by atoms with Crippen molar-refractivity contribution in [2.24, 2.45) is 5.92 Å². The van der Waals surface area contributed by atoms with E-state index in [2.05, 4.69) is 16.8 Å². The zero-order valence-corrected chi connectivity index (χ0v) is 14.0. The number of likely N-dealkylation sites (tertiary alicyclic amines) is 1. The molecule has 23 heavy (non-hydrogen) atoms. The molecule has 0 spiro atoms. The summed E-state index contributed by atoms with van der Waals surface area (Å²) in [7, 11) is 14.6. The third-order valence-electron chi connectivity index (χ3n) is 5.10. The summed E-state index contributed by atoms with van der Waals surface area (Å²) >= 11 is 0. The van der Waals surface area contributed by atoms with Crippen LogP contribution in [0.15, 0.2) is 18.2 Å². The second-order valence-electron chi connectivity index (χ2n) is 7.05. The van der Waals surface area contributed by atoms with Crippen molar-refractivity contribution in [3.8, 4) is 0 Å². The van der Waals surface area contributed by atoms with Gasteiger partial charge >= 0.3 is 0 Å². The van der Waals surface area contributed by atoms with Crippen LogP contribution in [0.2, 0.25) is 0 Å². The van der Waals surface area contributed by atoms with E-state index in [1.165, 1.54) is 0 Å². The van der Waals surface area contributed by atoms with Crippen LogP contribution >= 0.6 is 0 Å². The number of pyridine rings is 1. The van der Waals surface area contributed by atoms with Crippen LogP contribution in [0.5, 0.6) is 0 Å². The summed E-state index contributed by atoms with van der Waals surface area (Å²) in [5.41, 5.74) is 0.977. The van der Waals surface area contributed by atoms with Gasteiger partial charge in [0.1, 0.15) is 5.69 Å². The van der Waals surface area contributed by atoms with E-state index < -0.39 is 5.34 Å². The smallest absolute Gasteiger partial charge is 0.272 e. The molecule has 2 fully saturated rings. The van der Waals surface area contributed by atoms with Crippen LogP contribution < -0.4 is 0 Å². The Hall–Kier alpha value is -1.29. The monoisotopic (exact) mass is 307 g/mol. The first kappa shape index (κ1) is 16.6. The number of amides is 1. The molecular weight excluding hydrogens is 284 g/mol. The highest BCUT2D eigenvalue weighted by Gasteiger charge is 2.33. The van der Waals surface area contributed by atoms with E-state index in [0.717, 1.165) is 38.8 Å². The van der Waals surface area contributed by atoms with Crippen LogP contribution in [0, 0.1) is 5.92 Å². The van der Waals surface area contributed by atoms with E-state index >= 15 is 0 Å². The zero-order valence-electron chi connectivity index (χ0n) is 14.0. The molecule has 1 aromatic rings. The number of hydrogen-bond donors (Lipinski definition) is 0. The van der Waals surface area contributed by atoms with E-state index in [-0.39, 0.29) is 5.91 Å². The Morgan fingerprint density at radius 2 is 1.91 bits per heavy atom. The first-order chi connectivity index (χ1) is 10.9. The van der Waals surface area contributed by atoms with Gasteiger partial charge in [-0.2, -0.15) is 0 Å². The van der Waals surface area contributed by atoms with Crippen LogP contribution in [0.3, 0.4) is 0 Å². The minimum atomic E-state index is -1.13. The Bertz CT molecular complexity index is 581. The molecule has 1 aromatic heterocycles. The predicted molar refractivity (Wildman–Crippen MR) is 92.5 cm³/mol. The SMILES string of the molecule is [B]C([B])(c1cccc(C(=O)N(C)C2CC2)n1)N1CCC(C)CC1. The number of nitrogens with zero attached hydrogens (tertiary/aromatic N) is 3. The van der Waals surface area contributed by atoms with Gasteiger partial charge in [0.2, 0.25) is 0 Å². The molecule has 1 amide bonds. The minimum absolute atomic E-state index is 0.0579. The molecule has 2 heterocycles. The maximum absolute atomic E-state index is 12.5. The molecule has 4 radical (unpaired) electrons. The summed E-state index contributed by atoms with van der Waals surface area (Å²) in [6, 6.07) is 5.72. The number of carbonyl (C=O) groups excluding carboxylic acids is 1. The van der Waals surface area contributed by atoms with Gasteiger partial charge < -0.3 is 9.80 Å². The normalized spacial score (nSPS) is 20.4. The molecule has 0 atom stereocenters. The number of hydrogen-bond acceptors (Lipinski definition) is 3. The molecule has 1 saturated carbocycles. The van der Waals surface area contributed by atoms with Gasteiger partial charge in [0.15, 0.2) is 0 Å². The molecule has 0 bridgehead atoms. The average molecular weight is 307 g/mol. The molecule has 1 aliphatic carbocycles. The second-order valence-corrected chi connectivity index (χ2v) is 7.05. The van der Waals surface area contributed by atoms with E-state index in [1.54, 1.807) is 11.0 Å². The lowest BCUT2D eigenvalue weighted by Gasteiger charge is -2.43. The Labute approximate surface area is 141 Å². The molecule has 3 rings (SSSR count). The van der Waals surface area contributed by atoms with Crippen LogP contribution in [-0.2, 0) is 5.34 Å².